The van der Waals surface area contributed by atoms with Gasteiger partial charge in [-0.25, -0.2) is 0 Å². The van der Waals surface area contributed by atoms with Crippen molar-refractivity contribution in [1.29, 1.82) is 0 Å². The maximum absolute atomic E-state index is 12.7. The van der Waals surface area contributed by atoms with Gasteiger partial charge in [-0.1, -0.05) is 26.2 Å². The predicted molar refractivity (Wildman–Crippen MR) is 78.1 cm³/mol. The van der Waals surface area contributed by atoms with Crippen molar-refractivity contribution >= 4 is 23.6 Å². The number of thioether (sulfide) groups is 1. The molecule has 0 aromatic rings. The lowest BCUT2D eigenvalue weighted by Crippen LogP contribution is -2.67. The van der Waals surface area contributed by atoms with Crippen LogP contribution in [0.4, 0.5) is 0 Å². The van der Waals surface area contributed by atoms with E-state index in [0.717, 1.165) is 32.1 Å². The molecule has 0 radical (unpaired) electrons. The first-order chi connectivity index (χ1) is 9.07. The molecule has 1 aliphatic carbocycles. The Balaban J connectivity index is 2.03. The Morgan fingerprint density at radius 1 is 1.32 bits per heavy atom. The number of nitrogens with one attached hydrogen (secondary N) is 1. The van der Waals surface area contributed by atoms with Gasteiger partial charge in [0, 0.05) is 11.8 Å². The molecule has 108 valence electrons. The second-order valence-corrected chi connectivity index (χ2v) is 7.03. The zero-order valence-corrected chi connectivity index (χ0v) is 12.7. The van der Waals surface area contributed by atoms with Gasteiger partial charge in [-0.15, -0.1) is 0 Å². The van der Waals surface area contributed by atoms with E-state index in [4.69, 9.17) is 0 Å². The van der Waals surface area contributed by atoms with Gasteiger partial charge in [0.05, 0.1) is 6.54 Å². The molecule has 2 amide bonds. The molecular formula is C14H24N2O2S. The van der Waals surface area contributed by atoms with Crippen LogP contribution in [-0.4, -0.2) is 46.8 Å². The molecule has 0 aromatic heterocycles. The molecule has 0 aromatic carbocycles. The minimum Gasteiger partial charge on any atom is -0.340 e. The smallest absolute Gasteiger partial charge is 0.248 e. The van der Waals surface area contributed by atoms with Crippen LogP contribution in [0.5, 0.6) is 0 Å². The summed E-state index contributed by atoms with van der Waals surface area (Å²) in [6.07, 6.45) is 7.92. The van der Waals surface area contributed by atoms with Crippen molar-refractivity contribution in [3.05, 3.63) is 0 Å². The molecule has 1 saturated carbocycles. The topological polar surface area (TPSA) is 49.4 Å². The van der Waals surface area contributed by atoms with Gasteiger partial charge in [0.25, 0.3) is 0 Å². The van der Waals surface area contributed by atoms with E-state index in [0.29, 0.717) is 11.8 Å². The largest absolute Gasteiger partial charge is 0.340 e. The molecule has 5 heteroatoms. The predicted octanol–water partition coefficient (Wildman–Crippen LogP) is 1.79. The molecule has 1 heterocycles. The van der Waals surface area contributed by atoms with Crippen molar-refractivity contribution in [1.82, 2.24) is 10.2 Å². The highest BCUT2D eigenvalue weighted by Crippen LogP contribution is 2.32. The molecule has 19 heavy (non-hydrogen) atoms. The highest BCUT2D eigenvalue weighted by atomic mass is 32.2. The Bertz CT molecular complexity index is 353. The molecule has 1 unspecified atom stereocenters. The zero-order chi connectivity index (χ0) is 13.9. The molecule has 2 fully saturated rings. The van der Waals surface area contributed by atoms with E-state index >= 15 is 0 Å². The molecule has 2 aliphatic rings. The molecule has 1 saturated heterocycles. The first kappa shape index (κ1) is 14.7. The minimum absolute atomic E-state index is 0.0123. The summed E-state index contributed by atoms with van der Waals surface area (Å²) in [6.45, 7) is 3.10. The van der Waals surface area contributed by atoms with E-state index in [9.17, 15) is 9.59 Å². The molecule has 1 spiro atoms. The second-order valence-electron chi connectivity index (χ2n) is 5.75. The Labute approximate surface area is 119 Å². The van der Waals surface area contributed by atoms with Crippen LogP contribution in [0.3, 0.4) is 0 Å². The lowest BCUT2D eigenvalue weighted by molar-refractivity contribution is -0.151. The van der Waals surface area contributed by atoms with Crippen LogP contribution in [0.1, 0.15) is 45.4 Å². The summed E-state index contributed by atoms with van der Waals surface area (Å²) < 4.78 is 0. The van der Waals surface area contributed by atoms with E-state index in [1.165, 1.54) is 6.42 Å². The number of rotatable bonds is 4. The first-order valence-corrected chi connectivity index (χ1v) is 8.49. The Kier molecular flexibility index (Phi) is 4.76. The van der Waals surface area contributed by atoms with E-state index in [1.807, 2.05) is 0 Å². The van der Waals surface area contributed by atoms with Crippen LogP contribution in [-0.2, 0) is 9.59 Å². The fraction of sp³-hybridized carbons (Fsp3) is 0.857. The minimum atomic E-state index is -0.573. The highest BCUT2D eigenvalue weighted by Gasteiger charge is 2.46. The van der Waals surface area contributed by atoms with Gasteiger partial charge in [0.2, 0.25) is 11.8 Å². The van der Waals surface area contributed by atoms with Crippen molar-refractivity contribution in [2.45, 2.75) is 56.2 Å². The summed E-state index contributed by atoms with van der Waals surface area (Å²) in [5.41, 5.74) is -0.573. The van der Waals surface area contributed by atoms with Crippen molar-refractivity contribution in [2.24, 2.45) is 0 Å². The molecular weight excluding hydrogens is 260 g/mol. The number of hydrogen-bond donors (Lipinski definition) is 1. The maximum Gasteiger partial charge on any atom is 0.248 e. The summed E-state index contributed by atoms with van der Waals surface area (Å²) in [7, 11) is 0. The Morgan fingerprint density at radius 3 is 2.63 bits per heavy atom. The number of amides is 2. The average Bonchev–Trinajstić information content (AvgIpc) is 2.42. The molecule has 2 rings (SSSR count). The fourth-order valence-corrected chi connectivity index (χ4v) is 3.38. The monoisotopic (exact) mass is 284 g/mol. The van der Waals surface area contributed by atoms with E-state index in [2.05, 4.69) is 18.5 Å². The van der Waals surface area contributed by atoms with Crippen LogP contribution < -0.4 is 5.32 Å². The molecule has 1 atom stereocenters. The molecule has 1 aliphatic heterocycles. The molecule has 1 N–H and O–H groups in total. The van der Waals surface area contributed by atoms with Crippen LogP contribution in [0, 0.1) is 0 Å². The highest BCUT2D eigenvalue weighted by molar-refractivity contribution is 7.99. The van der Waals surface area contributed by atoms with Gasteiger partial charge < -0.3 is 10.2 Å². The average molecular weight is 284 g/mol. The van der Waals surface area contributed by atoms with Crippen LogP contribution >= 0.6 is 11.8 Å². The summed E-state index contributed by atoms with van der Waals surface area (Å²) >= 11 is 1.80. The van der Waals surface area contributed by atoms with Crippen molar-refractivity contribution in [3.63, 3.8) is 0 Å². The van der Waals surface area contributed by atoms with Crippen LogP contribution in [0.2, 0.25) is 0 Å². The van der Waals surface area contributed by atoms with Crippen molar-refractivity contribution in [3.8, 4) is 0 Å². The van der Waals surface area contributed by atoms with E-state index in [-0.39, 0.29) is 18.4 Å². The maximum atomic E-state index is 12.7. The number of carbonyl (C=O) groups is 2. The van der Waals surface area contributed by atoms with E-state index in [1.54, 1.807) is 16.7 Å². The number of nitrogens with zero attached hydrogens (tertiary/aromatic N) is 1. The third kappa shape index (κ3) is 3.25. The van der Waals surface area contributed by atoms with Gasteiger partial charge in [0.15, 0.2) is 0 Å². The van der Waals surface area contributed by atoms with E-state index < -0.39 is 5.54 Å². The zero-order valence-electron chi connectivity index (χ0n) is 11.9. The van der Waals surface area contributed by atoms with Crippen LogP contribution in [0.15, 0.2) is 0 Å². The van der Waals surface area contributed by atoms with Gasteiger partial charge in [-0.05, 0) is 25.5 Å². The third-order valence-corrected chi connectivity index (χ3v) is 5.37. The SMILES string of the molecule is CSC(C)CCN1CC(=O)NC2(CCCCC2)C1=O. The van der Waals surface area contributed by atoms with Crippen molar-refractivity contribution < 1.29 is 9.59 Å². The Morgan fingerprint density at radius 2 is 2.00 bits per heavy atom. The van der Waals surface area contributed by atoms with Gasteiger partial charge in [-0.2, -0.15) is 11.8 Å². The molecule has 4 nitrogen and oxygen atoms in total. The number of carbonyl (C=O) groups excluding carboxylic acids is 2. The molecule has 0 bridgehead atoms. The normalized spacial score (nSPS) is 24.4. The van der Waals surface area contributed by atoms with Gasteiger partial charge in [-0.3, -0.25) is 9.59 Å². The van der Waals surface area contributed by atoms with Crippen LogP contribution in [0.25, 0.3) is 0 Å². The third-order valence-electron chi connectivity index (χ3n) is 4.32. The van der Waals surface area contributed by atoms with Gasteiger partial charge in [0.1, 0.15) is 5.54 Å². The number of piperazine rings is 1. The standard InChI is InChI=1S/C14H24N2O2S/c1-11(19-2)6-9-16-10-12(17)15-14(13(16)18)7-4-3-5-8-14/h11H,3-10H2,1-2H3,(H,15,17). The lowest BCUT2D eigenvalue weighted by Gasteiger charge is -2.44. The first-order valence-electron chi connectivity index (χ1n) is 7.20. The van der Waals surface area contributed by atoms with Gasteiger partial charge >= 0.3 is 0 Å². The summed E-state index contributed by atoms with van der Waals surface area (Å²) in [6, 6.07) is 0. The summed E-state index contributed by atoms with van der Waals surface area (Å²) in [5, 5.41) is 3.51. The quantitative estimate of drug-likeness (QED) is 0.856. The number of hydrogen-bond acceptors (Lipinski definition) is 3. The van der Waals surface area contributed by atoms with Crippen molar-refractivity contribution in [2.75, 3.05) is 19.3 Å². The fourth-order valence-electron chi connectivity index (χ4n) is 3.04. The summed E-state index contributed by atoms with van der Waals surface area (Å²) in [5.74, 6) is 0.165. The Hall–Kier alpha value is -0.710. The summed E-state index contributed by atoms with van der Waals surface area (Å²) in [4.78, 5) is 26.3. The lowest BCUT2D eigenvalue weighted by atomic mass is 9.79. The second kappa shape index (κ2) is 6.16.